The fourth-order valence-electron chi connectivity index (χ4n) is 1.33. The smallest absolute Gasteiger partial charge is 0.405 e. The Labute approximate surface area is 127 Å². The minimum atomic E-state index is -4.54. The number of nitrogens with zero attached hydrogens (tertiary/aromatic N) is 1. The highest BCUT2D eigenvalue weighted by molar-refractivity contribution is 5.85. The maximum Gasteiger partial charge on any atom is 0.405 e. The van der Waals surface area contributed by atoms with Crippen LogP contribution in [0, 0.1) is 10.1 Å². The van der Waals surface area contributed by atoms with E-state index in [1.807, 2.05) is 5.32 Å². The number of amides is 2. The monoisotopic (exact) mass is 335 g/mol. The number of benzene rings is 1. The van der Waals surface area contributed by atoms with Crippen LogP contribution in [0.4, 0.5) is 18.9 Å². The van der Waals surface area contributed by atoms with Crippen LogP contribution in [0.1, 0.15) is 0 Å². The lowest BCUT2D eigenvalue weighted by atomic mass is 10.3. The number of rotatable bonds is 7. The minimum Gasteiger partial charge on any atom is -0.484 e. The van der Waals surface area contributed by atoms with E-state index in [0.717, 1.165) is 6.07 Å². The van der Waals surface area contributed by atoms with E-state index < -0.39 is 42.6 Å². The van der Waals surface area contributed by atoms with Crippen molar-refractivity contribution in [2.75, 3.05) is 19.7 Å². The van der Waals surface area contributed by atoms with Gasteiger partial charge in [0.05, 0.1) is 17.5 Å². The molecule has 1 aromatic rings. The van der Waals surface area contributed by atoms with Crippen molar-refractivity contribution in [3.05, 3.63) is 34.4 Å². The molecule has 0 aromatic heterocycles. The molecule has 1 aromatic carbocycles. The van der Waals surface area contributed by atoms with E-state index in [0.29, 0.717) is 0 Å². The molecular formula is C12H12F3N3O5. The summed E-state index contributed by atoms with van der Waals surface area (Å²) in [5.74, 6) is -1.71. The molecule has 0 saturated carbocycles. The van der Waals surface area contributed by atoms with Gasteiger partial charge in [-0.1, -0.05) is 6.07 Å². The molecule has 0 atom stereocenters. The number of nitro benzene ring substituents is 1. The largest absolute Gasteiger partial charge is 0.484 e. The van der Waals surface area contributed by atoms with Crippen LogP contribution in [-0.4, -0.2) is 42.6 Å². The molecule has 0 aliphatic rings. The second-order valence-corrected chi connectivity index (χ2v) is 4.21. The maximum absolute atomic E-state index is 11.8. The molecule has 0 spiro atoms. The van der Waals surface area contributed by atoms with Crippen molar-refractivity contribution in [1.29, 1.82) is 0 Å². The van der Waals surface area contributed by atoms with Crippen LogP contribution < -0.4 is 15.4 Å². The first-order chi connectivity index (χ1) is 10.7. The molecule has 2 amide bonds. The van der Waals surface area contributed by atoms with E-state index in [9.17, 15) is 32.9 Å². The zero-order chi connectivity index (χ0) is 17.5. The Bertz CT molecular complexity index is 592. The predicted octanol–water partition coefficient (Wildman–Crippen LogP) is 0.768. The van der Waals surface area contributed by atoms with Crippen molar-refractivity contribution in [2.24, 2.45) is 0 Å². The molecule has 0 saturated heterocycles. The van der Waals surface area contributed by atoms with Gasteiger partial charge in [0.15, 0.2) is 6.61 Å². The fraction of sp³-hybridized carbons (Fsp3) is 0.333. The summed E-state index contributed by atoms with van der Waals surface area (Å²) >= 11 is 0. The first-order valence-corrected chi connectivity index (χ1v) is 6.15. The van der Waals surface area contributed by atoms with Crippen LogP contribution in [0.25, 0.3) is 0 Å². The van der Waals surface area contributed by atoms with Gasteiger partial charge in [-0.3, -0.25) is 19.7 Å². The molecule has 126 valence electrons. The van der Waals surface area contributed by atoms with Gasteiger partial charge in [0.2, 0.25) is 5.91 Å². The average molecular weight is 335 g/mol. The van der Waals surface area contributed by atoms with Crippen molar-refractivity contribution in [2.45, 2.75) is 6.18 Å². The van der Waals surface area contributed by atoms with Crippen LogP contribution in [-0.2, 0) is 9.59 Å². The lowest BCUT2D eigenvalue weighted by Crippen LogP contribution is -2.42. The zero-order valence-electron chi connectivity index (χ0n) is 11.6. The topological polar surface area (TPSA) is 111 Å². The second-order valence-electron chi connectivity index (χ2n) is 4.21. The van der Waals surface area contributed by atoms with Gasteiger partial charge in [-0.2, -0.15) is 13.2 Å². The zero-order valence-corrected chi connectivity index (χ0v) is 11.6. The predicted molar refractivity (Wildman–Crippen MR) is 70.7 cm³/mol. The van der Waals surface area contributed by atoms with Gasteiger partial charge in [0.1, 0.15) is 12.3 Å². The van der Waals surface area contributed by atoms with Gasteiger partial charge in [0.25, 0.3) is 11.6 Å². The highest BCUT2D eigenvalue weighted by Gasteiger charge is 2.27. The molecule has 0 unspecified atom stereocenters. The van der Waals surface area contributed by atoms with Crippen LogP contribution in [0.5, 0.6) is 5.75 Å². The Morgan fingerprint density at radius 2 is 1.91 bits per heavy atom. The molecule has 1 rings (SSSR count). The van der Waals surface area contributed by atoms with E-state index >= 15 is 0 Å². The van der Waals surface area contributed by atoms with Gasteiger partial charge in [-0.05, 0) is 6.07 Å². The van der Waals surface area contributed by atoms with Gasteiger partial charge in [-0.15, -0.1) is 0 Å². The number of nitro groups is 1. The molecular weight excluding hydrogens is 323 g/mol. The molecule has 0 radical (unpaired) electrons. The number of alkyl halides is 3. The summed E-state index contributed by atoms with van der Waals surface area (Å²) in [6, 6.07) is 5.08. The second kappa shape index (κ2) is 7.96. The lowest BCUT2D eigenvalue weighted by Gasteiger charge is -2.09. The van der Waals surface area contributed by atoms with Crippen LogP contribution >= 0.6 is 0 Å². The van der Waals surface area contributed by atoms with Gasteiger partial charge in [-0.25, -0.2) is 0 Å². The van der Waals surface area contributed by atoms with Crippen molar-refractivity contribution in [3.63, 3.8) is 0 Å². The van der Waals surface area contributed by atoms with Gasteiger partial charge < -0.3 is 15.4 Å². The summed E-state index contributed by atoms with van der Waals surface area (Å²) in [5, 5.41) is 14.2. The van der Waals surface area contributed by atoms with Gasteiger partial charge in [0, 0.05) is 6.07 Å². The number of carbonyl (C=O) groups is 2. The summed E-state index contributed by atoms with van der Waals surface area (Å²) < 4.78 is 40.5. The Balaban J connectivity index is 2.33. The summed E-state index contributed by atoms with van der Waals surface area (Å²) in [4.78, 5) is 32.3. The minimum absolute atomic E-state index is 0.0656. The molecule has 2 N–H and O–H groups in total. The van der Waals surface area contributed by atoms with E-state index in [1.54, 1.807) is 5.32 Å². The summed E-state index contributed by atoms with van der Waals surface area (Å²) in [5.41, 5.74) is -0.227. The van der Waals surface area contributed by atoms with E-state index in [-0.39, 0.29) is 11.4 Å². The summed E-state index contributed by atoms with van der Waals surface area (Å²) in [6.45, 7) is -2.69. The van der Waals surface area contributed by atoms with Crippen LogP contribution in [0.3, 0.4) is 0 Å². The Kier molecular flexibility index (Phi) is 6.30. The quantitative estimate of drug-likeness (QED) is 0.565. The number of hydrogen-bond acceptors (Lipinski definition) is 5. The molecule has 0 aliphatic heterocycles. The number of nitrogens with one attached hydrogen (secondary N) is 2. The number of carbonyl (C=O) groups excluding carboxylic acids is 2. The number of non-ortho nitro benzene ring substituents is 1. The van der Waals surface area contributed by atoms with Crippen LogP contribution in [0.2, 0.25) is 0 Å². The molecule has 11 heteroatoms. The molecule has 0 heterocycles. The average Bonchev–Trinajstić information content (AvgIpc) is 2.48. The molecule has 23 heavy (non-hydrogen) atoms. The molecule has 0 bridgehead atoms. The maximum atomic E-state index is 11.8. The van der Waals surface area contributed by atoms with Crippen molar-refractivity contribution < 1.29 is 32.4 Å². The van der Waals surface area contributed by atoms with E-state index in [4.69, 9.17) is 4.74 Å². The summed E-state index contributed by atoms with van der Waals surface area (Å²) in [7, 11) is 0. The fourth-order valence-corrected chi connectivity index (χ4v) is 1.33. The molecule has 0 aliphatic carbocycles. The number of ether oxygens (including phenoxy) is 1. The third-order valence-electron chi connectivity index (χ3n) is 2.33. The number of hydrogen-bond donors (Lipinski definition) is 2. The van der Waals surface area contributed by atoms with Crippen molar-refractivity contribution in [1.82, 2.24) is 10.6 Å². The lowest BCUT2D eigenvalue weighted by molar-refractivity contribution is -0.384. The normalized spacial score (nSPS) is 10.7. The molecule has 0 fully saturated rings. The van der Waals surface area contributed by atoms with E-state index in [1.165, 1.54) is 18.2 Å². The molecule has 8 nitrogen and oxygen atoms in total. The Morgan fingerprint density at radius 3 is 2.52 bits per heavy atom. The standard InChI is InChI=1S/C12H12F3N3O5/c13-12(14,15)7-17-10(19)5-16-11(20)6-23-9-3-1-2-8(4-9)18(21)22/h1-4H,5-7H2,(H,16,20)(H,17,19). The first kappa shape index (κ1) is 18.2. The highest BCUT2D eigenvalue weighted by atomic mass is 19.4. The van der Waals surface area contributed by atoms with Crippen LogP contribution in [0.15, 0.2) is 24.3 Å². The SMILES string of the molecule is O=C(CNC(=O)COc1cccc([N+](=O)[O-])c1)NCC(F)(F)F. The number of halogens is 3. The van der Waals surface area contributed by atoms with Crippen molar-refractivity contribution >= 4 is 17.5 Å². The highest BCUT2D eigenvalue weighted by Crippen LogP contribution is 2.18. The Morgan fingerprint density at radius 1 is 1.22 bits per heavy atom. The third kappa shape index (κ3) is 7.64. The van der Waals surface area contributed by atoms with Crippen molar-refractivity contribution in [3.8, 4) is 5.75 Å². The van der Waals surface area contributed by atoms with Gasteiger partial charge >= 0.3 is 6.18 Å². The summed E-state index contributed by atoms with van der Waals surface area (Å²) in [6.07, 6.45) is -4.54. The third-order valence-corrected chi connectivity index (χ3v) is 2.33. The first-order valence-electron chi connectivity index (χ1n) is 6.15. The Hall–Kier alpha value is -2.85. The van der Waals surface area contributed by atoms with E-state index in [2.05, 4.69) is 0 Å².